The predicted octanol–water partition coefficient (Wildman–Crippen LogP) is 2.62. The highest BCUT2D eigenvalue weighted by molar-refractivity contribution is 9.13. The van der Waals surface area contributed by atoms with Crippen LogP contribution in [0.5, 0.6) is 0 Å². The number of carbonyl (C=O) groups excluding carboxylic acids is 1. The van der Waals surface area contributed by atoms with Crippen LogP contribution < -0.4 is 5.73 Å². The third-order valence-electron chi connectivity index (χ3n) is 2.77. The van der Waals surface area contributed by atoms with Crippen LogP contribution in [0.15, 0.2) is 39.7 Å². The molecule has 0 amide bonds. The smallest absolute Gasteiger partial charge is 0.154 e. The van der Waals surface area contributed by atoms with Gasteiger partial charge in [0.05, 0.1) is 12.4 Å². The van der Waals surface area contributed by atoms with E-state index in [0.717, 1.165) is 20.2 Å². The van der Waals surface area contributed by atoms with Crippen LogP contribution in [0.25, 0.3) is 0 Å². The number of halogens is 2. The molecule has 2 rings (SSSR count). The Hall–Kier alpha value is -0.980. The van der Waals surface area contributed by atoms with Crippen LogP contribution in [-0.2, 0) is 17.6 Å². The van der Waals surface area contributed by atoms with Gasteiger partial charge < -0.3 is 10.7 Å². The van der Waals surface area contributed by atoms with E-state index in [4.69, 9.17) is 5.73 Å². The Balaban J connectivity index is 1.98. The largest absolute Gasteiger partial charge is 0.348 e. The zero-order valence-electron chi connectivity index (χ0n) is 10.1. The lowest BCUT2D eigenvalue weighted by atomic mass is 10.0. The fraction of sp³-hybridized carbons (Fsp3) is 0.231. The number of hydrogen-bond acceptors (Lipinski definition) is 3. The van der Waals surface area contributed by atoms with Crippen LogP contribution in [0, 0.1) is 0 Å². The summed E-state index contributed by atoms with van der Waals surface area (Å²) < 4.78 is 1.89. The molecule has 0 aliphatic carbocycles. The molecule has 100 valence electrons. The fourth-order valence-electron chi connectivity index (χ4n) is 1.73. The van der Waals surface area contributed by atoms with Crippen molar-refractivity contribution >= 4 is 37.6 Å². The number of carbonyl (C=O) groups is 1. The van der Waals surface area contributed by atoms with Crippen LogP contribution in [0.4, 0.5) is 0 Å². The zero-order chi connectivity index (χ0) is 13.8. The van der Waals surface area contributed by atoms with Gasteiger partial charge in [-0.3, -0.25) is 4.79 Å². The molecule has 2 aromatic rings. The molecule has 1 aromatic carbocycles. The van der Waals surface area contributed by atoms with Crippen molar-refractivity contribution < 1.29 is 4.79 Å². The molecule has 0 radical (unpaired) electrons. The second-order valence-electron chi connectivity index (χ2n) is 4.28. The fourth-order valence-corrected chi connectivity index (χ4v) is 2.40. The third kappa shape index (κ3) is 3.99. The van der Waals surface area contributed by atoms with E-state index in [2.05, 4.69) is 41.8 Å². The van der Waals surface area contributed by atoms with Gasteiger partial charge in [-0.15, -0.1) is 0 Å². The Morgan fingerprint density at radius 1 is 1.37 bits per heavy atom. The summed E-state index contributed by atoms with van der Waals surface area (Å²) in [5, 5.41) is 0. The summed E-state index contributed by atoms with van der Waals surface area (Å²) >= 11 is 6.82. The minimum atomic E-state index is -0.511. The Kier molecular flexibility index (Phi) is 4.90. The minimum Gasteiger partial charge on any atom is -0.348 e. The molecule has 0 unspecified atom stereocenters. The van der Waals surface area contributed by atoms with E-state index >= 15 is 0 Å². The number of aromatic amines is 1. The molecule has 0 spiro atoms. The van der Waals surface area contributed by atoms with E-state index in [1.807, 2.05) is 18.2 Å². The van der Waals surface area contributed by atoms with Crippen LogP contribution in [0.1, 0.15) is 11.3 Å². The van der Waals surface area contributed by atoms with Crippen molar-refractivity contribution in [3.05, 3.63) is 50.9 Å². The second-order valence-corrected chi connectivity index (χ2v) is 5.99. The molecule has 1 heterocycles. The second kappa shape index (κ2) is 6.45. The van der Waals surface area contributed by atoms with Gasteiger partial charge >= 0.3 is 0 Å². The quantitative estimate of drug-likeness (QED) is 0.829. The molecular formula is C13H13Br2N3O. The van der Waals surface area contributed by atoms with Crippen molar-refractivity contribution in [1.82, 2.24) is 9.97 Å². The first-order chi connectivity index (χ1) is 9.06. The van der Waals surface area contributed by atoms with E-state index in [1.165, 1.54) is 0 Å². The van der Waals surface area contributed by atoms with Gasteiger partial charge in [0.25, 0.3) is 0 Å². The Labute approximate surface area is 128 Å². The Bertz CT molecular complexity index is 569. The number of imidazole rings is 1. The topological polar surface area (TPSA) is 71.8 Å². The molecule has 4 nitrogen and oxygen atoms in total. The molecule has 1 aromatic heterocycles. The first kappa shape index (κ1) is 14.4. The minimum absolute atomic E-state index is 0.0174. The maximum Gasteiger partial charge on any atom is 0.154 e. The summed E-state index contributed by atoms with van der Waals surface area (Å²) in [7, 11) is 0. The highest BCUT2D eigenvalue weighted by Crippen LogP contribution is 2.24. The summed E-state index contributed by atoms with van der Waals surface area (Å²) in [4.78, 5) is 18.9. The average molecular weight is 387 g/mol. The van der Waals surface area contributed by atoms with Crippen LogP contribution in [-0.4, -0.2) is 21.8 Å². The lowest BCUT2D eigenvalue weighted by Gasteiger charge is -2.10. The average Bonchev–Trinajstić information content (AvgIpc) is 2.86. The summed E-state index contributed by atoms with van der Waals surface area (Å²) in [5.74, 6) is 0.0174. The molecule has 0 aliphatic rings. The maximum absolute atomic E-state index is 12.0. The van der Waals surface area contributed by atoms with E-state index in [0.29, 0.717) is 12.8 Å². The van der Waals surface area contributed by atoms with Gasteiger partial charge in [0.2, 0.25) is 0 Å². The SMILES string of the molecule is N[C@@H](Cc1cnc[nH]1)C(=O)Cc1ccc(Br)c(Br)c1. The van der Waals surface area contributed by atoms with Crippen LogP contribution in [0.2, 0.25) is 0 Å². The predicted molar refractivity (Wildman–Crippen MR) is 80.8 cm³/mol. The molecule has 0 fully saturated rings. The van der Waals surface area contributed by atoms with Gasteiger partial charge in [-0.2, -0.15) is 0 Å². The number of nitrogens with one attached hydrogen (secondary N) is 1. The number of hydrogen-bond donors (Lipinski definition) is 2. The van der Waals surface area contributed by atoms with Crippen molar-refractivity contribution in [3.8, 4) is 0 Å². The zero-order valence-corrected chi connectivity index (χ0v) is 13.2. The van der Waals surface area contributed by atoms with Gasteiger partial charge in [-0.05, 0) is 49.6 Å². The van der Waals surface area contributed by atoms with Crippen molar-refractivity contribution in [2.24, 2.45) is 5.73 Å². The Morgan fingerprint density at radius 2 is 2.16 bits per heavy atom. The van der Waals surface area contributed by atoms with E-state index in [-0.39, 0.29) is 5.78 Å². The standard InChI is InChI=1S/C13H13Br2N3O/c14-10-2-1-8(3-11(10)15)4-13(19)12(16)5-9-6-17-7-18-9/h1-3,6-7,12H,4-5,16H2,(H,17,18)/t12-/m0/s1. The number of H-pyrrole nitrogens is 1. The molecule has 6 heteroatoms. The van der Waals surface area contributed by atoms with Crippen LogP contribution in [0.3, 0.4) is 0 Å². The lowest BCUT2D eigenvalue weighted by Crippen LogP contribution is -2.34. The molecular weight excluding hydrogens is 374 g/mol. The van der Waals surface area contributed by atoms with Gasteiger partial charge in [0.1, 0.15) is 0 Å². The van der Waals surface area contributed by atoms with E-state index in [1.54, 1.807) is 12.5 Å². The molecule has 3 N–H and O–H groups in total. The molecule has 0 aliphatic heterocycles. The van der Waals surface area contributed by atoms with Gasteiger partial charge in [-0.1, -0.05) is 6.07 Å². The molecule has 1 atom stereocenters. The van der Waals surface area contributed by atoms with Gasteiger partial charge in [0.15, 0.2) is 5.78 Å². The van der Waals surface area contributed by atoms with Crippen molar-refractivity contribution in [2.45, 2.75) is 18.9 Å². The first-order valence-corrected chi connectivity index (χ1v) is 7.34. The number of ketones is 1. The normalized spacial score (nSPS) is 12.4. The van der Waals surface area contributed by atoms with Crippen molar-refractivity contribution in [3.63, 3.8) is 0 Å². The highest BCUT2D eigenvalue weighted by atomic mass is 79.9. The number of aromatic nitrogens is 2. The molecule has 0 saturated carbocycles. The third-order valence-corrected chi connectivity index (χ3v) is 4.65. The lowest BCUT2D eigenvalue weighted by molar-refractivity contribution is -0.119. The van der Waals surface area contributed by atoms with Gasteiger partial charge in [0, 0.05) is 33.7 Å². The van der Waals surface area contributed by atoms with E-state index in [9.17, 15) is 4.79 Å². The number of Topliss-reactive ketones (excluding diaryl/α,β-unsaturated/α-hetero) is 1. The maximum atomic E-state index is 12.0. The van der Waals surface area contributed by atoms with Gasteiger partial charge in [-0.25, -0.2) is 4.98 Å². The molecule has 0 bridgehead atoms. The van der Waals surface area contributed by atoms with Crippen molar-refractivity contribution in [1.29, 1.82) is 0 Å². The summed E-state index contributed by atoms with van der Waals surface area (Å²) in [6, 6.07) is 5.23. The molecule has 19 heavy (non-hydrogen) atoms. The number of rotatable bonds is 5. The van der Waals surface area contributed by atoms with Crippen LogP contribution >= 0.6 is 31.9 Å². The summed E-state index contributed by atoms with van der Waals surface area (Å²) in [6.07, 6.45) is 4.08. The summed E-state index contributed by atoms with van der Waals surface area (Å²) in [6.45, 7) is 0. The molecule has 0 saturated heterocycles. The van der Waals surface area contributed by atoms with Crippen molar-refractivity contribution in [2.75, 3.05) is 0 Å². The Morgan fingerprint density at radius 3 is 2.79 bits per heavy atom. The monoisotopic (exact) mass is 385 g/mol. The first-order valence-electron chi connectivity index (χ1n) is 5.75. The summed E-state index contributed by atoms with van der Waals surface area (Å²) in [5.41, 5.74) is 7.72. The van der Waals surface area contributed by atoms with E-state index < -0.39 is 6.04 Å². The highest BCUT2D eigenvalue weighted by Gasteiger charge is 2.15. The number of nitrogens with two attached hydrogens (primary N) is 1. The number of nitrogens with zero attached hydrogens (tertiary/aromatic N) is 1. The number of benzene rings is 1.